The van der Waals surface area contributed by atoms with Crippen LogP contribution >= 0.6 is 12.6 Å². The Bertz CT molecular complexity index is 198. The molecule has 48 valence electrons. The highest BCUT2D eigenvalue weighted by Gasteiger charge is 1.92. The number of rotatable bonds is 1. The molecule has 0 fully saturated rings. The van der Waals surface area contributed by atoms with Crippen LogP contribution in [0.1, 0.15) is 5.56 Å². The smallest absolute Gasteiger partial charge is 0.191 e. The van der Waals surface area contributed by atoms with Crippen molar-refractivity contribution in [2.75, 3.05) is 0 Å². The molecule has 0 amide bonds. The summed E-state index contributed by atoms with van der Waals surface area (Å²) in [5.74, 6) is 0.752. The molecule has 1 rings (SSSR count). The van der Waals surface area contributed by atoms with Crippen LogP contribution in [0.4, 0.5) is 0 Å². The topological polar surface area (TPSA) is 3.88 Å². The van der Waals surface area contributed by atoms with Crippen molar-refractivity contribution in [3.05, 3.63) is 30.1 Å². The van der Waals surface area contributed by atoms with Crippen molar-refractivity contribution in [1.29, 1.82) is 0 Å². The number of hydrogen-bond acceptors (Lipinski definition) is 1. The highest BCUT2D eigenvalue weighted by Crippen LogP contribution is 1.88. The molecule has 0 aliphatic carbocycles. The first-order valence-corrected chi connectivity index (χ1v) is 3.53. The Hall–Kier alpha value is -0.500. The summed E-state index contributed by atoms with van der Waals surface area (Å²) in [4.78, 5) is 0. The van der Waals surface area contributed by atoms with Gasteiger partial charge in [0.15, 0.2) is 18.3 Å². The molecule has 0 radical (unpaired) electrons. The molecule has 0 aliphatic rings. The van der Waals surface area contributed by atoms with Gasteiger partial charge in [-0.3, -0.25) is 0 Å². The largest absolute Gasteiger partial charge is 0.195 e. The second kappa shape index (κ2) is 2.87. The van der Waals surface area contributed by atoms with E-state index in [-0.39, 0.29) is 0 Å². The van der Waals surface area contributed by atoms with E-state index in [0.29, 0.717) is 0 Å². The van der Waals surface area contributed by atoms with Crippen molar-refractivity contribution in [2.45, 2.75) is 12.8 Å². The molecule has 1 aromatic rings. The van der Waals surface area contributed by atoms with Gasteiger partial charge < -0.3 is 0 Å². The third-order valence-corrected chi connectivity index (χ3v) is 1.50. The van der Waals surface area contributed by atoms with Crippen LogP contribution in [0.3, 0.4) is 0 Å². The van der Waals surface area contributed by atoms with Gasteiger partial charge in [-0.2, -0.15) is 4.57 Å². The van der Waals surface area contributed by atoms with E-state index in [1.807, 2.05) is 16.8 Å². The third kappa shape index (κ3) is 1.72. The molecule has 0 spiro atoms. The lowest BCUT2D eigenvalue weighted by atomic mass is 10.3. The van der Waals surface area contributed by atoms with Crippen LogP contribution in [0.2, 0.25) is 0 Å². The molecule has 2 heteroatoms. The fourth-order valence-corrected chi connectivity index (χ4v) is 0.917. The molecular formula is C7H10NS+. The number of thiol groups is 1. The number of nitrogens with zero attached hydrogens (tertiary/aromatic N) is 1. The summed E-state index contributed by atoms with van der Waals surface area (Å²) in [5, 5.41) is 0. The van der Waals surface area contributed by atoms with Gasteiger partial charge in [0.05, 0.1) is 0 Å². The van der Waals surface area contributed by atoms with E-state index in [2.05, 4.69) is 31.8 Å². The van der Waals surface area contributed by atoms with Crippen molar-refractivity contribution >= 4 is 12.6 Å². The van der Waals surface area contributed by atoms with E-state index < -0.39 is 0 Å². The molecule has 0 unspecified atom stereocenters. The Kier molecular flexibility index (Phi) is 2.11. The lowest BCUT2D eigenvalue weighted by molar-refractivity contribution is -0.675. The zero-order chi connectivity index (χ0) is 6.69. The maximum absolute atomic E-state index is 4.12. The van der Waals surface area contributed by atoms with Crippen LogP contribution < -0.4 is 4.57 Å². The minimum Gasteiger partial charge on any atom is -0.195 e. The van der Waals surface area contributed by atoms with Gasteiger partial charge in [-0.25, -0.2) is 0 Å². The number of aromatic nitrogens is 1. The predicted molar refractivity (Wildman–Crippen MR) is 40.4 cm³/mol. The minimum atomic E-state index is 0.752. The molecule has 9 heavy (non-hydrogen) atoms. The fraction of sp³-hybridized carbons (Fsp3) is 0.286. The molecule has 0 aromatic carbocycles. The van der Waals surface area contributed by atoms with Crippen molar-refractivity contribution in [2.24, 2.45) is 0 Å². The Morgan fingerprint density at radius 2 is 2.44 bits per heavy atom. The lowest BCUT2D eigenvalue weighted by Gasteiger charge is -1.89. The summed E-state index contributed by atoms with van der Waals surface area (Å²) in [5.41, 5.74) is 1.27. The van der Waals surface area contributed by atoms with Gasteiger partial charge in [0, 0.05) is 11.6 Å². The predicted octanol–water partition coefficient (Wildman–Crippen LogP) is 1.17. The van der Waals surface area contributed by atoms with Gasteiger partial charge >= 0.3 is 0 Å². The first-order valence-electron chi connectivity index (χ1n) is 2.89. The monoisotopic (exact) mass is 140 g/mol. The SMILES string of the molecule is Cc1ccc[n+](CS)c1. The molecule has 0 saturated carbocycles. The molecule has 0 saturated heterocycles. The van der Waals surface area contributed by atoms with Crippen LogP contribution in [0.5, 0.6) is 0 Å². The maximum Gasteiger partial charge on any atom is 0.191 e. The van der Waals surface area contributed by atoms with Crippen molar-refractivity contribution < 1.29 is 4.57 Å². The second-order valence-corrected chi connectivity index (χ2v) is 2.32. The number of hydrogen-bond donors (Lipinski definition) is 1. The summed E-state index contributed by atoms with van der Waals surface area (Å²) in [7, 11) is 0. The molecule has 1 heterocycles. The van der Waals surface area contributed by atoms with E-state index >= 15 is 0 Å². The summed E-state index contributed by atoms with van der Waals surface area (Å²) in [6.07, 6.45) is 4.06. The van der Waals surface area contributed by atoms with Crippen LogP contribution in [0.25, 0.3) is 0 Å². The van der Waals surface area contributed by atoms with E-state index in [1.165, 1.54) is 5.56 Å². The minimum absolute atomic E-state index is 0.752. The van der Waals surface area contributed by atoms with Gasteiger partial charge in [0.1, 0.15) is 0 Å². The van der Waals surface area contributed by atoms with Gasteiger partial charge in [0.2, 0.25) is 0 Å². The quantitative estimate of drug-likeness (QED) is 0.441. The third-order valence-electron chi connectivity index (χ3n) is 1.17. The zero-order valence-electron chi connectivity index (χ0n) is 5.41. The van der Waals surface area contributed by atoms with E-state index in [9.17, 15) is 0 Å². The molecule has 1 aromatic heterocycles. The number of pyridine rings is 1. The Morgan fingerprint density at radius 1 is 1.67 bits per heavy atom. The van der Waals surface area contributed by atoms with Gasteiger partial charge in [0.25, 0.3) is 0 Å². The van der Waals surface area contributed by atoms with E-state index in [4.69, 9.17) is 0 Å². The molecule has 0 aliphatic heterocycles. The fourth-order valence-electron chi connectivity index (χ4n) is 0.741. The molecule has 0 atom stereocenters. The summed E-state index contributed by atoms with van der Waals surface area (Å²) >= 11 is 4.12. The van der Waals surface area contributed by atoms with Crippen LogP contribution in [0, 0.1) is 6.92 Å². The number of aryl methyl sites for hydroxylation is 1. The first-order chi connectivity index (χ1) is 4.33. The van der Waals surface area contributed by atoms with Crippen LogP contribution in [-0.2, 0) is 5.88 Å². The van der Waals surface area contributed by atoms with E-state index in [1.54, 1.807) is 0 Å². The van der Waals surface area contributed by atoms with Gasteiger partial charge in [-0.1, -0.05) is 0 Å². The Morgan fingerprint density at radius 3 is 2.89 bits per heavy atom. The summed E-state index contributed by atoms with van der Waals surface area (Å²) in [6.45, 7) is 2.07. The summed E-state index contributed by atoms with van der Waals surface area (Å²) in [6, 6.07) is 4.09. The Balaban J connectivity index is 2.94. The average Bonchev–Trinajstić information content (AvgIpc) is 1.88. The van der Waals surface area contributed by atoms with Gasteiger partial charge in [-0.15, -0.1) is 12.6 Å². The zero-order valence-corrected chi connectivity index (χ0v) is 6.31. The Labute approximate surface area is 60.7 Å². The van der Waals surface area contributed by atoms with Crippen molar-refractivity contribution in [1.82, 2.24) is 0 Å². The second-order valence-electron chi connectivity index (χ2n) is 2.04. The first kappa shape index (κ1) is 6.62. The molecule has 0 N–H and O–H groups in total. The van der Waals surface area contributed by atoms with Crippen LogP contribution in [-0.4, -0.2) is 0 Å². The maximum atomic E-state index is 4.12. The molecular weight excluding hydrogens is 130 g/mol. The van der Waals surface area contributed by atoms with Gasteiger partial charge in [-0.05, 0) is 13.0 Å². The molecule has 0 bridgehead atoms. The highest BCUT2D eigenvalue weighted by atomic mass is 32.1. The highest BCUT2D eigenvalue weighted by molar-refractivity contribution is 7.78. The average molecular weight is 140 g/mol. The standard InChI is InChI=1S/C7H9NS/c1-7-3-2-4-8(5-7)6-9/h2-5H,6H2,1H3/p+1. The van der Waals surface area contributed by atoms with Crippen molar-refractivity contribution in [3.63, 3.8) is 0 Å². The van der Waals surface area contributed by atoms with E-state index in [0.717, 1.165) is 5.88 Å². The molecule has 1 nitrogen and oxygen atoms in total. The van der Waals surface area contributed by atoms with Crippen molar-refractivity contribution in [3.8, 4) is 0 Å². The van der Waals surface area contributed by atoms with Crippen LogP contribution in [0.15, 0.2) is 24.5 Å². The normalized spacial score (nSPS) is 9.56. The lowest BCUT2D eigenvalue weighted by Crippen LogP contribution is -2.29. The summed E-state index contributed by atoms with van der Waals surface area (Å²) < 4.78 is 2.03.